The quantitative estimate of drug-likeness (QED) is 0.912. The average molecular weight is 282 g/mol. The van der Waals surface area contributed by atoms with Crippen molar-refractivity contribution in [1.82, 2.24) is 0 Å². The van der Waals surface area contributed by atoms with Gasteiger partial charge in [0.25, 0.3) is 0 Å². The Balaban J connectivity index is 2.53. The Labute approximate surface area is 111 Å². The largest absolute Gasteiger partial charge is 0.496 e. The average Bonchev–Trinajstić information content (AvgIpc) is 2.61. The molecule has 5 nitrogen and oxygen atoms in total. The predicted molar refractivity (Wildman–Crippen MR) is 69.6 cm³/mol. The van der Waals surface area contributed by atoms with Crippen LogP contribution in [0.25, 0.3) is 5.57 Å². The molecule has 1 atom stereocenters. The van der Waals surface area contributed by atoms with Crippen molar-refractivity contribution < 1.29 is 23.1 Å². The molecule has 1 aromatic carbocycles. The first-order valence-electron chi connectivity index (χ1n) is 5.72. The van der Waals surface area contributed by atoms with Crippen LogP contribution in [0.1, 0.15) is 18.9 Å². The number of hydrogen-bond acceptors (Lipinski definition) is 4. The molecule has 0 bridgehead atoms. The van der Waals surface area contributed by atoms with Crippen molar-refractivity contribution >= 4 is 21.4 Å². The van der Waals surface area contributed by atoms with Crippen LogP contribution < -0.4 is 4.74 Å². The lowest BCUT2D eigenvalue weighted by Gasteiger charge is -2.11. The summed E-state index contributed by atoms with van der Waals surface area (Å²) in [4.78, 5) is 11.1. The minimum atomic E-state index is -3.49. The number of hydrogen-bond donors (Lipinski definition) is 1. The molecule has 19 heavy (non-hydrogen) atoms. The number of ether oxygens (including phenoxy) is 1. The summed E-state index contributed by atoms with van der Waals surface area (Å²) in [5.74, 6) is -1.17. The molecule has 102 valence electrons. The minimum absolute atomic E-state index is 0.155. The van der Waals surface area contributed by atoms with Crippen LogP contribution in [0.15, 0.2) is 28.5 Å². The van der Waals surface area contributed by atoms with Crippen molar-refractivity contribution in [2.24, 2.45) is 5.92 Å². The van der Waals surface area contributed by atoms with E-state index in [0.29, 0.717) is 16.9 Å². The van der Waals surface area contributed by atoms with E-state index in [4.69, 9.17) is 9.84 Å². The molecule has 0 aromatic heterocycles. The van der Waals surface area contributed by atoms with Crippen LogP contribution in [0.3, 0.4) is 0 Å². The second-order valence-electron chi connectivity index (χ2n) is 4.46. The molecule has 1 unspecified atom stereocenters. The van der Waals surface area contributed by atoms with Gasteiger partial charge in [0.15, 0.2) is 0 Å². The number of aliphatic carboxylic acids is 1. The van der Waals surface area contributed by atoms with E-state index in [1.807, 2.05) is 0 Å². The third kappa shape index (κ3) is 2.35. The predicted octanol–water partition coefficient (Wildman–Crippen LogP) is 1.93. The topological polar surface area (TPSA) is 80.7 Å². The molecule has 0 amide bonds. The summed E-state index contributed by atoms with van der Waals surface area (Å²) in [5.41, 5.74) is 0.973. The van der Waals surface area contributed by atoms with Gasteiger partial charge in [-0.25, -0.2) is 8.42 Å². The van der Waals surface area contributed by atoms with Gasteiger partial charge in [-0.05, 0) is 24.1 Å². The Morgan fingerprint density at radius 1 is 1.42 bits per heavy atom. The summed E-state index contributed by atoms with van der Waals surface area (Å²) in [7, 11) is -2.04. The van der Waals surface area contributed by atoms with Gasteiger partial charge in [0.2, 0.25) is 9.84 Å². The zero-order chi connectivity index (χ0) is 14.2. The Morgan fingerprint density at radius 2 is 2.11 bits per heavy atom. The van der Waals surface area contributed by atoms with E-state index in [0.717, 1.165) is 5.41 Å². The normalized spacial score (nSPS) is 17.5. The Hall–Kier alpha value is -1.82. The van der Waals surface area contributed by atoms with E-state index in [2.05, 4.69) is 0 Å². The maximum atomic E-state index is 12.0. The molecule has 0 radical (unpaired) electrons. The number of allylic oxidation sites excluding steroid dienone is 1. The van der Waals surface area contributed by atoms with Crippen LogP contribution in [0, 0.1) is 5.92 Å². The molecule has 1 aromatic rings. The second-order valence-corrected chi connectivity index (χ2v) is 6.23. The number of rotatable bonds is 4. The molecule has 2 rings (SSSR count). The van der Waals surface area contributed by atoms with Gasteiger partial charge in [0, 0.05) is 11.0 Å². The molecule has 0 aliphatic carbocycles. The monoisotopic (exact) mass is 282 g/mol. The van der Waals surface area contributed by atoms with Crippen LogP contribution >= 0.6 is 0 Å². The Morgan fingerprint density at radius 3 is 2.68 bits per heavy atom. The first kappa shape index (κ1) is 13.6. The summed E-state index contributed by atoms with van der Waals surface area (Å²) < 4.78 is 29.2. The Bertz CT molecular complexity index is 658. The lowest BCUT2D eigenvalue weighted by molar-refractivity contribution is -0.140. The number of carbonyl (C=O) groups is 1. The standard InChI is InChI=1S/C13H14O5S/c1-8(13(14)15)6-9-7-19(16,17)11-5-3-4-10(18-2)12(9)11/h3-5,7-8H,6H2,1-2H3,(H,14,15). The third-order valence-electron chi connectivity index (χ3n) is 3.08. The van der Waals surface area contributed by atoms with Gasteiger partial charge in [-0.3, -0.25) is 4.79 Å². The van der Waals surface area contributed by atoms with Gasteiger partial charge in [-0.2, -0.15) is 0 Å². The fourth-order valence-corrected chi connectivity index (χ4v) is 3.61. The van der Waals surface area contributed by atoms with Crippen LogP contribution in [0.2, 0.25) is 0 Å². The summed E-state index contributed by atoms with van der Waals surface area (Å²) in [6, 6.07) is 4.77. The van der Waals surface area contributed by atoms with E-state index in [-0.39, 0.29) is 11.3 Å². The summed E-state index contributed by atoms with van der Waals surface area (Å²) in [6.07, 6.45) is 0.155. The molecule has 6 heteroatoms. The molecule has 0 saturated carbocycles. The van der Waals surface area contributed by atoms with E-state index in [1.165, 1.54) is 13.2 Å². The molecule has 1 N–H and O–H groups in total. The Kier molecular flexibility index (Phi) is 3.36. The molecule has 0 fully saturated rings. The van der Waals surface area contributed by atoms with Crippen LogP contribution in [-0.4, -0.2) is 26.6 Å². The van der Waals surface area contributed by atoms with E-state index in [1.54, 1.807) is 19.1 Å². The van der Waals surface area contributed by atoms with Crippen LogP contribution in [0.5, 0.6) is 5.75 Å². The third-order valence-corrected chi connectivity index (χ3v) is 4.63. The van der Waals surface area contributed by atoms with Gasteiger partial charge in [-0.15, -0.1) is 0 Å². The van der Waals surface area contributed by atoms with Crippen molar-refractivity contribution in [2.45, 2.75) is 18.2 Å². The molecule has 0 saturated heterocycles. The first-order chi connectivity index (χ1) is 8.86. The molecular weight excluding hydrogens is 268 g/mol. The summed E-state index contributed by atoms with van der Waals surface area (Å²) in [6.45, 7) is 1.54. The van der Waals surface area contributed by atoms with Crippen molar-refractivity contribution in [1.29, 1.82) is 0 Å². The highest BCUT2D eigenvalue weighted by molar-refractivity contribution is 7.95. The molecule has 1 aliphatic rings. The van der Waals surface area contributed by atoms with Crippen molar-refractivity contribution in [3.05, 3.63) is 29.2 Å². The van der Waals surface area contributed by atoms with Gasteiger partial charge in [0.05, 0.1) is 17.9 Å². The number of benzene rings is 1. The number of carboxylic acid groups (broad SMARTS) is 1. The number of carboxylic acids is 1. The SMILES string of the molecule is COc1cccc2c1C(CC(C)C(=O)O)=CS2(=O)=O. The molecule has 0 spiro atoms. The van der Waals surface area contributed by atoms with Crippen molar-refractivity contribution in [3.63, 3.8) is 0 Å². The summed E-state index contributed by atoms with van der Waals surface area (Å²) >= 11 is 0. The zero-order valence-electron chi connectivity index (χ0n) is 10.6. The van der Waals surface area contributed by atoms with Crippen LogP contribution in [-0.2, 0) is 14.6 Å². The van der Waals surface area contributed by atoms with E-state index < -0.39 is 21.7 Å². The minimum Gasteiger partial charge on any atom is -0.496 e. The fourth-order valence-electron chi connectivity index (χ4n) is 2.11. The first-order valence-corrected chi connectivity index (χ1v) is 7.27. The second kappa shape index (κ2) is 4.70. The van der Waals surface area contributed by atoms with Crippen LogP contribution in [0.4, 0.5) is 0 Å². The lowest BCUT2D eigenvalue weighted by atomic mass is 9.96. The fraction of sp³-hybridized carbons (Fsp3) is 0.308. The number of fused-ring (bicyclic) bond motifs is 1. The zero-order valence-corrected chi connectivity index (χ0v) is 11.4. The smallest absolute Gasteiger partial charge is 0.306 e. The highest BCUT2D eigenvalue weighted by Gasteiger charge is 2.31. The van der Waals surface area contributed by atoms with Gasteiger partial charge in [0.1, 0.15) is 5.75 Å². The summed E-state index contributed by atoms with van der Waals surface area (Å²) in [5, 5.41) is 10.1. The van der Waals surface area contributed by atoms with E-state index in [9.17, 15) is 13.2 Å². The van der Waals surface area contributed by atoms with E-state index >= 15 is 0 Å². The maximum Gasteiger partial charge on any atom is 0.306 e. The number of sulfone groups is 1. The molecule has 1 heterocycles. The number of methoxy groups -OCH3 is 1. The van der Waals surface area contributed by atoms with Crippen molar-refractivity contribution in [3.8, 4) is 5.75 Å². The van der Waals surface area contributed by atoms with Crippen molar-refractivity contribution in [2.75, 3.05) is 7.11 Å². The highest BCUT2D eigenvalue weighted by Crippen LogP contribution is 2.42. The highest BCUT2D eigenvalue weighted by atomic mass is 32.2. The van der Waals surface area contributed by atoms with Gasteiger partial charge >= 0.3 is 5.97 Å². The van der Waals surface area contributed by atoms with Gasteiger partial charge < -0.3 is 9.84 Å². The molecule has 1 aliphatic heterocycles. The molecular formula is C13H14O5S. The lowest BCUT2D eigenvalue weighted by Crippen LogP contribution is -2.09. The van der Waals surface area contributed by atoms with Gasteiger partial charge in [-0.1, -0.05) is 13.0 Å². The maximum absolute atomic E-state index is 12.0.